The van der Waals surface area contributed by atoms with E-state index in [1.165, 1.54) is 0 Å². The molecule has 88 valence electrons. The second-order valence-corrected chi connectivity index (χ2v) is 4.05. The van der Waals surface area contributed by atoms with Crippen molar-refractivity contribution in [1.82, 2.24) is 4.90 Å². The van der Waals surface area contributed by atoms with E-state index in [1.54, 1.807) is 6.92 Å². The minimum absolute atomic E-state index is 0.0212. The maximum absolute atomic E-state index is 12.2. The normalized spacial score (nSPS) is 18.7. The summed E-state index contributed by atoms with van der Waals surface area (Å²) in [7, 11) is 0. The van der Waals surface area contributed by atoms with Gasteiger partial charge in [0.25, 0.3) is 0 Å². The highest BCUT2D eigenvalue weighted by molar-refractivity contribution is 5.77. The van der Waals surface area contributed by atoms with Crippen LogP contribution in [0, 0.1) is 0 Å². The molecule has 0 spiro atoms. The predicted molar refractivity (Wildman–Crippen MR) is 49.1 cm³/mol. The second-order valence-electron chi connectivity index (χ2n) is 4.05. The lowest BCUT2D eigenvalue weighted by molar-refractivity contribution is -0.162. The Bertz CT molecular complexity index is 236. The molecular weight excluding hydrogens is 209 g/mol. The highest BCUT2D eigenvalue weighted by Crippen LogP contribution is 2.30. The van der Waals surface area contributed by atoms with Gasteiger partial charge in [-0.15, -0.1) is 0 Å². The zero-order valence-electron chi connectivity index (χ0n) is 8.55. The molecule has 1 fully saturated rings. The first-order valence-corrected chi connectivity index (χ1v) is 4.91. The van der Waals surface area contributed by atoms with Crippen molar-refractivity contribution < 1.29 is 18.0 Å². The average Bonchev–Trinajstić information content (AvgIpc) is 2.78. The van der Waals surface area contributed by atoms with Gasteiger partial charge in [0.15, 0.2) is 0 Å². The number of alkyl halides is 3. The number of hydrogen-bond donors (Lipinski definition) is 1. The molecule has 0 heterocycles. The number of nitrogens with two attached hydrogens (primary N) is 1. The molecule has 0 saturated heterocycles. The smallest absolute Gasteiger partial charge is 0.331 e. The van der Waals surface area contributed by atoms with Crippen LogP contribution in [0.4, 0.5) is 13.2 Å². The number of rotatable bonds is 4. The SMILES string of the molecule is CC(N)CC(=O)N(CC(F)(F)F)C1CC1. The summed E-state index contributed by atoms with van der Waals surface area (Å²) in [5.74, 6) is -0.496. The van der Waals surface area contributed by atoms with Gasteiger partial charge in [0.05, 0.1) is 0 Å². The fourth-order valence-corrected chi connectivity index (χ4v) is 1.39. The van der Waals surface area contributed by atoms with E-state index in [9.17, 15) is 18.0 Å². The maximum atomic E-state index is 12.2. The van der Waals surface area contributed by atoms with Crippen LogP contribution in [0.25, 0.3) is 0 Å². The van der Waals surface area contributed by atoms with E-state index in [-0.39, 0.29) is 12.5 Å². The maximum Gasteiger partial charge on any atom is 0.406 e. The molecule has 1 rings (SSSR count). The van der Waals surface area contributed by atoms with E-state index in [1.807, 2.05) is 0 Å². The van der Waals surface area contributed by atoms with Crippen LogP contribution in [0.1, 0.15) is 26.2 Å². The average molecular weight is 224 g/mol. The van der Waals surface area contributed by atoms with Gasteiger partial charge in [-0.1, -0.05) is 0 Å². The van der Waals surface area contributed by atoms with Gasteiger partial charge in [-0.2, -0.15) is 13.2 Å². The number of hydrogen-bond acceptors (Lipinski definition) is 2. The van der Waals surface area contributed by atoms with Crippen LogP contribution in [0.3, 0.4) is 0 Å². The van der Waals surface area contributed by atoms with Crippen LogP contribution in [0.15, 0.2) is 0 Å². The Morgan fingerprint density at radius 3 is 2.40 bits per heavy atom. The Kier molecular flexibility index (Phi) is 3.59. The van der Waals surface area contributed by atoms with E-state index in [4.69, 9.17) is 5.73 Å². The molecule has 0 bridgehead atoms. The molecule has 1 atom stereocenters. The van der Waals surface area contributed by atoms with Gasteiger partial charge in [-0.05, 0) is 19.8 Å². The van der Waals surface area contributed by atoms with E-state index < -0.39 is 24.7 Å². The van der Waals surface area contributed by atoms with E-state index in [0.29, 0.717) is 12.8 Å². The van der Waals surface area contributed by atoms with Gasteiger partial charge in [-0.25, -0.2) is 0 Å². The molecule has 6 heteroatoms. The third-order valence-electron chi connectivity index (χ3n) is 2.15. The zero-order chi connectivity index (χ0) is 11.6. The summed E-state index contributed by atoms with van der Waals surface area (Å²) in [5, 5.41) is 0. The van der Waals surface area contributed by atoms with Gasteiger partial charge in [0, 0.05) is 18.5 Å². The molecular formula is C9H15F3N2O. The van der Waals surface area contributed by atoms with Crippen molar-refractivity contribution >= 4 is 5.91 Å². The Balaban J connectivity index is 2.53. The van der Waals surface area contributed by atoms with Gasteiger partial charge in [0.1, 0.15) is 6.54 Å². The number of nitrogens with zero attached hydrogens (tertiary/aromatic N) is 1. The van der Waals surface area contributed by atoms with Crippen molar-refractivity contribution in [2.75, 3.05) is 6.54 Å². The van der Waals surface area contributed by atoms with Crippen LogP contribution >= 0.6 is 0 Å². The minimum Gasteiger partial charge on any atom is -0.331 e. The molecule has 0 aromatic rings. The van der Waals surface area contributed by atoms with Crippen LogP contribution < -0.4 is 5.73 Å². The van der Waals surface area contributed by atoms with E-state index >= 15 is 0 Å². The molecule has 0 radical (unpaired) electrons. The molecule has 2 N–H and O–H groups in total. The predicted octanol–water partition coefficient (Wildman–Crippen LogP) is 1.28. The summed E-state index contributed by atoms with van der Waals surface area (Å²) in [6.45, 7) is 0.458. The quantitative estimate of drug-likeness (QED) is 0.781. The second kappa shape index (κ2) is 4.38. The number of halogens is 3. The summed E-state index contributed by atoms with van der Waals surface area (Å²) >= 11 is 0. The van der Waals surface area contributed by atoms with Crippen LogP contribution in [-0.4, -0.2) is 35.6 Å². The summed E-state index contributed by atoms with van der Waals surface area (Å²) in [4.78, 5) is 12.4. The first-order chi connectivity index (χ1) is 6.79. The molecule has 0 aromatic heterocycles. The van der Waals surface area contributed by atoms with Crippen LogP contribution in [0.2, 0.25) is 0 Å². The molecule has 1 aliphatic carbocycles. The Hall–Kier alpha value is -0.780. The van der Waals surface area contributed by atoms with Gasteiger partial charge < -0.3 is 10.6 Å². The van der Waals surface area contributed by atoms with Crippen molar-refractivity contribution in [1.29, 1.82) is 0 Å². The Labute approximate surface area is 86.4 Å². The minimum atomic E-state index is -4.32. The van der Waals surface area contributed by atoms with Gasteiger partial charge in [-0.3, -0.25) is 4.79 Å². The lowest BCUT2D eigenvalue weighted by Gasteiger charge is -2.24. The molecule has 3 nitrogen and oxygen atoms in total. The number of carbonyl (C=O) groups is 1. The Morgan fingerprint density at radius 1 is 1.53 bits per heavy atom. The summed E-state index contributed by atoms with van der Waals surface area (Å²) in [6.07, 6.45) is -3.01. The molecule has 0 aliphatic heterocycles. The fraction of sp³-hybridized carbons (Fsp3) is 0.889. The summed E-state index contributed by atoms with van der Waals surface area (Å²) in [6, 6.07) is -0.621. The van der Waals surface area contributed by atoms with E-state index in [2.05, 4.69) is 0 Å². The monoisotopic (exact) mass is 224 g/mol. The molecule has 1 saturated carbocycles. The van der Waals surface area contributed by atoms with Crippen molar-refractivity contribution in [2.45, 2.75) is 44.4 Å². The van der Waals surface area contributed by atoms with Crippen LogP contribution in [-0.2, 0) is 4.79 Å². The summed E-state index contributed by atoms with van der Waals surface area (Å²) in [5.41, 5.74) is 5.39. The number of carbonyl (C=O) groups excluding carboxylic acids is 1. The standard InChI is InChI=1S/C9H15F3N2O/c1-6(13)4-8(15)14(7-2-3-7)5-9(10,11)12/h6-7H,2-5,13H2,1H3. The van der Waals surface area contributed by atoms with Crippen LogP contribution in [0.5, 0.6) is 0 Å². The van der Waals surface area contributed by atoms with Gasteiger partial charge >= 0.3 is 6.18 Å². The lowest BCUT2D eigenvalue weighted by atomic mass is 10.2. The van der Waals surface area contributed by atoms with Gasteiger partial charge in [0.2, 0.25) is 5.91 Å². The zero-order valence-corrected chi connectivity index (χ0v) is 8.55. The molecule has 15 heavy (non-hydrogen) atoms. The molecule has 1 amide bonds. The highest BCUT2D eigenvalue weighted by Gasteiger charge is 2.40. The molecule has 1 aliphatic rings. The largest absolute Gasteiger partial charge is 0.406 e. The topological polar surface area (TPSA) is 46.3 Å². The van der Waals surface area contributed by atoms with Crippen molar-refractivity contribution in [2.24, 2.45) is 5.73 Å². The molecule has 0 aromatic carbocycles. The third kappa shape index (κ3) is 4.51. The highest BCUT2D eigenvalue weighted by atomic mass is 19.4. The van der Waals surface area contributed by atoms with Crippen molar-refractivity contribution in [3.8, 4) is 0 Å². The van der Waals surface area contributed by atoms with E-state index in [0.717, 1.165) is 4.90 Å². The first kappa shape index (κ1) is 12.3. The first-order valence-electron chi connectivity index (χ1n) is 4.91. The molecule has 1 unspecified atom stereocenters. The summed E-state index contributed by atoms with van der Waals surface area (Å²) < 4.78 is 36.5. The third-order valence-corrected chi connectivity index (χ3v) is 2.15. The number of amides is 1. The van der Waals surface area contributed by atoms with Crippen molar-refractivity contribution in [3.63, 3.8) is 0 Å². The Morgan fingerprint density at radius 2 is 2.07 bits per heavy atom. The lowest BCUT2D eigenvalue weighted by Crippen LogP contribution is -2.42. The van der Waals surface area contributed by atoms with Crippen molar-refractivity contribution in [3.05, 3.63) is 0 Å². The fourth-order valence-electron chi connectivity index (χ4n) is 1.39.